The highest BCUT2D eigenvalue weighted by atomic mass is 79.9. The Kier molecular flexibility index (Phi) is 3.55. The Labute approximate surface area is 131 Å². The topological polar surface area (TPSA) is 39.2 Å². The van der Waals surface area contributed by atoms with Crippen molar-refractivity contribution in [3.05, 3.63) is 54.8 Å². The minimum absolute atomic E-state index is 0.220. The van der Waals surface area contributed by atoms with Crippen LogP contribution in [-0.4, -0.2) is 0 Å². The van der Waals surface area contributed by atoms with Crippen LogP contribution in [0.3, 0.4) is 0 Å². The molecule has 2 aromatic heterocycles. The van der Waals surface area contributed by atoms with Crippen LogP contribution in [0.2, 0.25) is 0 Å². The molecule has 0 saturated heterocycles. The van der Waals surface area contributed by atoms with Crippen molar-refractivity contribution in [1.29, 1.82) is 0 Å². The van der Waals surface area contributed by atoms with Crippen LogP contribution in [0.1, 0.15) is 22.2 Å². The molecular formula is C14H11Br2NOS. The molecule has 2 heterocycles. The quantitative estimate of drug-likeness (QED) is 0.627. The van der Waals surface area contributed by atoms with Crippen LogP contribution in [0.4, 0.5) is 0 Å². The highest BCUT2D eigenvalue weighted by molar-refractivity contribution is 9.10. The summed E-state index contributed by atoms with van der Waals surface area (Å²) in [5.41, 5.74) is 8.30. The lowest BCUT2D eigenvalue weighted by Gasteiger charge is -2.07. The second-order valence-electron chi connectivity index (χ2n) is 4.38. The van der Waals surface area contributed by atoms with Gasteiger partial charge in [-0.1, -0.05) is 15.9 Å². The van der Waals surface area contributed by atoms with Gasteiger partial charge in [0, 0.05) is 30.2 Å². The highest BCUT2D eigenvalue weighted by Gasteiger charge is 2.20. The Bertz CT molecular complexity index is 747. The molecule has 1 unspecified atom stereocenters. The van der Waals surface area contributed by atoms with Crippen molar-refractivity contribution < 1.29 is 4.42 Å². The predicted molar refractivity (Wildman–Crippen MR) is 86.7 cm³/mol. The SMILES string of the molecule is Cc1c(C(N)c2cc(Br)cs2)oc2ccc(Br)cc12. The van der Waals surface area contributed by atoms with Gasteiger partial charge in [0.2, 0.25) is 0 Å². The van der Waals surface area contributed by atoms with Crippen LogP contribution in [0.25, 0.3) is 11.0 Å². The molecule has 0 aliphatic rings. The zero-order valence-electron chi connectivity index (χ0n) is 10.1. The van der Waals surface area contributed by atoms with E-state index in [2.05, 4.69) is 44.8 Å². The Balaban J connectivity index is 2.12. The molecule has 0 fully saturated rings. The van der Waals surface area contributed by atoms with Crippen molar-refractivity contribution in [3.63, 3.8) is 0 Å². The third kappa shape index (κ3) is 2.40. The van der Waals surface area contributed by atoms with Crippen LogP contribution < -0.4 is 5.73 Å². The number of furan rings is 1. The van der Waals surface area contributed by atoms with Gasteiger partial charge in [-0.15, -0.1) is 11.3 Å². The molecule has 2 N–H and O–H groups in total. The second kappa shape index (κ2) is 5.05. The normalized spacial score (nSPS) is 13.1. The van der Waals surface area contributed by atoms with E-state index in [1.54, 1.807) is 11.3 Å². The van der Waals surface area contributed by atoms with E-state index < -0.39 is 0 Å². The van der Waals surface area contributed by atoms with Gasteiger partial charge in [0.1, 0.15) is 11.3 Å². The molecule has 0 radical (unpaired) electrons. The zero-order chi connectivity index (χ0) is 13.6. The van der Waals surface area contributed by atoms with E-state index in [1.807, 2.05) is 23.6 Å². The van der Waals surface area contributed by atoms with Gasteiger partial charge in [0.25, 0.3) is 0 Å². The average Bonchev–Trinajstić information content (AvgIpc) is 2.94. The van der Waals surface area contributed by atoms with Gasteiger partial charge < -0.3 is 10.2 Å². The maximum Gasteiger partial charge on any atom is 0.134 e. The molecule has 0 aliphatic heterocycles. The van der Waals surface area contributed by atoms with Crippen LogP contribution in [-0.2, 0) is 0 Å². The van der Waals surface area contributed by atoms with Crippen molar-refractivity contribution in [2.45, 2.75) is 13.0 Å². The van der Waals surface area contributed by atoms with Gasteiger partial charge in [-0.25, -0.2) is 0 Å². The first-order chi connectivity index (χ1) is 9.06. The molecular weight excluding hydrogens is 390 g/mol. The number of nitrogens with two attached hydrogens (primary N) is 1. The van der Waals surface area contributed by atoms with Gasteiger partial charge >= 0.3 is 0 Å². The van der Waals surface area contributed by atoms with Crippen LogP contribution in [0.5, 0.6) is 0 Å². The van der Waals surface area contributed by atoms with Gasteiger partial charge in [-0.3, -0.25) is 0 Å². The van der Waals surface area contributed by atoms with E-state index in [0.29, 0.717) is 0 Å². The second-order valence-corrected chi connectivity index (χ2v) is 7.15. The monoisotopic (exact) mass is 399 g/mol. The Morgan fingerprint density at radius 3 is 2.68 bits per heavy atom. The van der Waals surface area contributed by atoms with Crippen molar-refractivity contribution in [2.24, 2.45) is 5.73 Å². The summed E-state index contributed by atoms with van der Waals surface area (Å²) in [6.45, 7) is 2.05. The number of halogens is 2. The highest BCUT2D eigenvalue weighted by Crippen LogP contribution is 2.35. The van der Waals surface area contributed by atoms with Gasteiger partial charge in [-0.2, -0.15) is 0 Å². The first-order valence-corrected chi connectivity index (χ1v) is 8.21. The molecule has 1 aromatic carbocycles. The molecule has 2 nitrogen and oxygen atoms in total. The average molecular weight is 401 g/mol. The lowest BCUT2D eigenvalue weighted by Crippen LogP contribution is -2.10. The summed E-state index contributed by atoms with van der Waals surface area (Å²) in [5.74, 6) is 0.836. The summed E-state index contributed by atoms with van der Waals surface area (Å²) >= 11 is 8.57. The molecule has 1 atom stereocenters. The molecule has 0 bridgehead atoms. The molecule has 3 rings (SSSR count). The Morgan fingerprint density at radius 1 is 1.21 bits per heavy atom. The Morgan fingerprint density at radius 2 is 2.00 bits per heavy atom. The van der Waals surface area contributed by atoms with Gasteiger partial charge in [0.05, 0.1) is 6.04 Å². The molecule has 0 saturated carbocycles. The standard InChI is InChI=1S/C14H11Br2NOS/c1-7-10-4-8(15)2-3-11(10)18-14(7)13(17)12-5-9(16)6-19-12/h2-6,13H,17H2,1H3. The van der Waals surface area contributed by atoms with Gasteiger partial charge in [-0.05, 0) is 47.1 Å². The largest absolute Gasteiger partial charge is 0.459 e. The minimum atomic E-state index is -0.220. The fourth-order valence-corrected chi connectivity index (χ4v) is 3.93. The number of hydrogen-bond acceptors (Lipinski definition) is 3. The van der Waals surface area contributed by atoms with Crippen molar-refractivity contribution in [2.75, 3.05) is 0 Å². The third-order valence-corrected chi connectivity index (χ3v) is 5.38. The molecule has 98 valence electrons. The molecule has 0 aliphatic carbocycles. The first kappa shape index (κ1) is 13.4. The summed E-state index contributed by atoms with van der Waals surface area (Å²) in [7, 11) is 0. The fourth-order valence-electron chi connectivity index (χ4n) is 2.13. The molecule has 0 spiro atoms. The fraction of sp³-hybridized carbons (Fsp3) is 0.143. The number of hydrogen-bond donors (Lipinski definition) is 1. The molecule has 19 heavy (non-hydrogen) atoms. The minimum Gasteiger partial charge on any atom is -0.459 e. The summed E-state index contributed by atoms with van der Waals surface area (Å²) in [6, 6.07) is 7.82. The van der Waals surface area contributed by atoms with E-state index >= 15 is 0 Å². The van der Waals surface area contributed by atoms with E-state index in [4.69, 9.17) is 10.2 Å². The zero-order valence-corrected chi connectivity index (χ0v) is 14.1. The molecule has 5 heteroatoms. The predicted octanol–water partition coefficient (Wildman–Crippen LogP) is 5.38. The van der Waals surface area contributed by atoms with Crippen molar-refractivity contribution >= 4 is 54.2 Å². The first-order valence-electron chi connectivity index (χ1n) is 5.74. The number of fused-ring (bicyclic) bond motifs is 1. The van der Waals surface area contributed by atoms with E-state index in [-0.39, 0.29) is 6.04 Å². The van der Waals surface area contributed by atoms with E-state index in [9.17, 15) is 0 Å². The maximum absolute atomic E-state index is 6.32. The lowest BCUT2D eigenvalue weighted by molar-refractivity contribution is 0.524. The van der Waals surface area contributed by atoms with E-state index in [0.717, 1.165) is 36.1 Å². The van der Waals surface area contributed by atoms with Crippen LogP contribution in [0.15, 0.2) is 43.0 Å². The van der Waals surface area contributed by atoms with Crippen LogP contribution >= 0.6 is 43.2 Å². The smallest absolute Gasteiger partial charge is 0.134 e. The number of aryl methyl sites for hydroxylation is 1. The summed E-state index contributed by atoms with van der Waals surface area (Å²) in [5, 5.41) is 3.14. The number of rotatable bonds is 2. The lowest BCUT2D eigenvalue weighted by atomic mass is 10.1. The summed E-state index contributed by atoms with van der Waals surface area (Å²) in [4.78, 5) is 1.09. The van der Waals surface area contributed by atoms with Gasteiger partial charge in [0.15, 0.2) is 0 Å². The third-order valence-electron chi connectivity index (χ3n) is 3.11. The molecule has 0 amide bonds. The van der Waals surface area contributed by atoms with E-state index in [1.165, 1.54) is 0 Å². The maximum atomic E-state index is 6.32. The van der Waals surface area contributed by atoms with Crippen molar-refractivity contribution in [1.82, 2.24) is 0 Å². The summed E-state index contributed by atoms with van der Waals surface area (Å²) < 4.78 is 8.02. The number of thiophene rings is 1. The van der Waals surface area contributed by atoms with Crippen molar-refractivity contribution in [3.8, 4) is 0 Å². The Hall–Kier alpha value is -0.620. The molecule has 3 aromatic rings. The number of benzene rings is 1. The summed E-state index contributed by atoms with van der Waals surface area (Å²) in [6.07, 6.45) is 0. The van der Waals surface area contributed by atoms with Crippen LogP contribution in [0, 0.1) is 6.92 Å².